The van der Waals surface area contributed by atoms with Gasteiger partial charge in [0, 0.05) is 18.8 Å². The Morgan fingerprint density at radius 2 is 1.39 bits per heavy atom. The number of hydrogen-bond acceptors (Lipinski definition) is 5. The minimum atomic E-state index is 0.0359. The van der Waals surface area contributed by atoms with Crippen LogP contribution in [-0.2, 0) is 19.1 Å². The van der Waals surface area contributed by atoms with Crippen LogP contribution in [-0.4, -0.2) is 47.9 Å². The summed E-state index contributed by atoms with van der Waals surface area (Å²) in [5.41, 5.74) is 0. The van der Waals surface area contributed by atoms with Crippen LogP contribution in [0.5, 0.6) is 0 Å². The van der Waals surface area contributed by atoms with Gasteiger partial charge in [-0.1, -0.05) is 72.6 Å². The average Bonchev–Trinajstić information content (AvgIpc) is 2.90. The molecule has 4 aliphatic rings. The summed E-state index contributed by atoms with van der Waals surface area (Å²) in [7, 11) is 0. The van der Waals surface area contributed by atoms with E-state index < -0.39 is 0 Å². The molecule has 220 valence electrons. The number of Topliss-reactive ketones (excluding diaryl/α,β-unsaturated/α-hetero) is 2. The number of nitrogens with one attached hydrogen (secondary N) is 1. The van der Waals surface area contributed by atoms with E-state index in [2.05, 4.69) is 26.1 Å². The molecule has 4 rings (SSSR count). The van der Waals surface area contributed by atoms with Crippen LogP contribution in [0.1, 0.15) is 130 Å². The zero-order valence-corrected chi connectivity index (χ0v) is 24.8. The fraction of sp³-hybridized carbons (Fsp3) is 0.906. The summed E-state index contributed by atoms with van der Waals surface area (Å²) in [5, 5.41) is 11.2. The molecule has 6 heteroatoms. The second-order valence-electron chi connectivity index (χ2n) is 12.7. The van der Waals surface area contributed by atoms with Crippen molar-refractivity contribution in [2.24, 2.45) is 29.6 Å². The molecule has 1 saturated heterocycles. The monoisotopic (exact) mass is 535 g/mol. The van der Waals surface area contributed by atoms with Crippen molar-refractivity contribution in [3.8, 4) is 0 Å². The molecule has 4 fully saturated rings. The first-order valence-electron chi connectivity index (χ1n) is 15.8. The fourth-order valence-corrected chi connectivity index (χ4v) is 7.16. The van der Waals surface area contributed by atoms with Gasteiger partial charge in [0.15, 0.2) is 5.78 Å². The van der Waals surface area contributed by atoms with Crippen molar-refractivity contribution in [2.75, 3.05) is 6.54 Å². The second kappa shape index (κ2) is 18.1. The summed E-state index contributed by atoms with van der Waals surface area (Å²) in [4.78, 5) is 33.2. The molecule has 1 aliphatic heterocycles. The molecule has 1 heterocycles. The lowest BCUT2D eigenvalue weighted by atomic mass is 9.63. The quantitative estimate of drug-likeness (QED) is 0.333. The third-order valence-corrected chi connectivity index (χ3v) is 8.93. The normalized spacial score (nSPS) is 29.8. The zero-order chi connectivity index (χ0) is 27.9. The number of rotatable bonds is 9. The Kier molecular flexibility index (Phi) is 15.7. The molecule has 38 heavy (non-hydrogen) atoms. The molecule has 0 spiro atoms. The first kappa shape index (κ1) is 32.9. The SMILES string of the molecule is CC(C)CC(C)CC(=O)C1C2CCCCC2OC2CCCCC21.CCC(=O)CNC=O.OC1CCCCC1. The second-order valence-corrected chi connectivity index (χ2v) is 12.7. The van der Waals surface area contributed by atoms with Gasteiger partial charge in [-0.25, -0.2) is 0 Å². The van der Waals surface area contributed by atoms with E-state index in [0.29, 0.717) is 60.4 Å². The number of amides is 1. The number of aliphatic hydroxyl groups is 1. The number of carbonyl (C=O) groups is 3. The van der Waals surface area contributed by atoms with Gasteiger partial charge < -0.3 is 15.2 Å². The number of ether oxygens (including phenoxy) is 1. The number of carbonyl (C=O) groups excluding carboxylic acids is 3. The van der Waals surface area contributed by atoms with Crippen molar-refractivity contribution in [1.29, 1.82) is 0 Å². The Bertz CT molecular complexity index is 667. The summed E-state index contributed by atoms with van der Waals surface area (Å²) in [5.74, 6) is 3.23. The van der Waals surface area contributed by atoms with E-state index in [-0.39, 0.29) is 18.4 Å². The summed E-state index contributed by atoms with van der Waals surface area (Å²) in [6.45, 7) is 8.73. The Hall–Kier alpha value is -1.27. The van der Waals surface area contributed by atoms with E-state index in [1.807, 2.05) is 0 Å². The van der Waals surface area contributed by atoms with Gasteiger partial charge in [-0.3, -0.25) is 14.4 Å². The first-order chi connectivity index (χ1) is 18.3. The van der Waals surface area contributed by atoms with Crippen LogP contribution in [0.25, 0.3) is 0 Å². The van der Waals surface area contributed by atoms with Gasteiger partial charge in [-0.15, -0.1) is 0 Å². The Morgan fingerprint density at radius 3 is 1.84 bits per heavy atom. The van der Waals surface area contributed by atoms with Crippen LogP contribution >= 0.6 is 0 Å². The van der Waals surface area contributed by atoms with Crippen molar-refractivity contribution in [3.05, 3.63) is 0 Å². The van der Waals surface area contributed by atoms with E-state index in [4.69, 9.17) is 9.84 Å². The average molecular weight is 536 g/mol. The predicted molar refractivity (Wildman–Crippen MR) is 153 cm³/mol. The molecule has 0 bridgehead atoms. The molecule has 3 saturated carbocycles. The van der Waals surface area contributed by atoms with Gasteiger partial charge >= 0.3 is 0 Å². The van der Waals surface area contributed by atoms with Crippen LogP contribution < -0.4 is 5.32 Å². The third-order valence-electron chi connectivity index (χ3n) is 8.93. The van der Waals surface area contributed by atoms with Gasteiger partial charge in [-0.05, 0) is 68.6 Å². The van der Waals surface area contributed by atoms with Crippen molar-refractivity contribution < 1.29 is 24.2 Å². The Morgan fingerprint density at radius 1 is 0.868 bits per heavy atom. The highest BCUT2D eigenvalue weighted by molar-refractivity contribution is 5.82. The molecule has 5 atom stereocenters. The topological polar surface area (TPSA) is 92.7 Å². The van der Waals surface area contributed by atoms with Gasteiger partial charge in [0.25, 0.3) is 0 Å². The maximum Gasteiger partial charge on any atom is 0.207 e. The van der Waals surface area contributed by atoms with Crippen LogP contribution in [0.3, 0.4) is 0 Å². The third kappa shape index (κ3) is 11.5. The number of fused-ring (bicyclic) bond motifs is 2. The maximum absolute atomic E-state index is 13.2. The molecule has 6 nitrogen and oxygen atoms in total. The lowest BCUT2D eigenvalue weighted by molar-refractivity contribution is -0.178. The summed E-state index contributed by atoms with van der Waals surface area (Å²) < 4.78 is 6.49. The molecule has 3 aliphatic carbocycles. The first-order valence-corrected chi connectivity index (χ1v) is 15.8. The Labute approximate surface area is 232 Å². The lowest BCUT2D eigenvalue weighted by Gasteiger charge is -2.50. The van der Waals surface area contributed by atoms with Crippen LogP contribution in [0.4, 0.5) is 0 Å². The number of ketones is 2. The predicted octanol–water partition coefficient (Wildman–Crippen LogP) is 6.41. The van der Waals surface area contributed by atoms with E-state index in [9.17, 15) is 14.4 Å². The standard InChI is InChI=1S/C21H36O2.C6H12O.C5H9NO2/c1-14(2)12-15(3)13-18(22)21-16-8-4-6-10-19(16)23-20-11-7-5-9-17(20)21;7-6-4-2-1-3-5-6;1-2-5(8)3-6-4-7/h14-17,19-21H,4-13H2,1-3H3;6-7H,1-5H2;4H,2-3H2,1H3,(H,6,7). The minimum Gasteiger partial charge on any atom is -0.393 e. The molecular formula is C32H57NO5. The zero-order valence-electron chi connectivity index (χ0n) is 24.8. The van der Waals surface area contributed by atoms with Gasteiger partial charge in [0.05, 0.1) is 24.9 Å². The summed E-state index contributed by atoms with van der Waals surface area (Å²) in [6.07, 6.45) is 19.7. The van der Waals surface area contributed by atoms with Crippen molar-refractivity contribution in [1.82, 2.24) is 5.32 Å². The van der Waals surface area contributed by atoms with Gasteiger partial charge in [-0.2, -0.15) is 0 Å². The maximum atomic E-state index is 13.2. The molecule has 5 unspecified atom stereocenters. The molecular weight excluding hydrogens is 478 g/mol. The van der Waals surface area contributed by atoms with Crippen molar-refractivity contribution in [2.45, 2.75) is 149 Å². The molecule has 0 aromatic heterocycles. The van der Waals surface area contributed by atoms with E-state index >= 15 is 0 Å². The smallest absolute Gasteiger partial charge is 0.207 e. The highest BCUT2D eigenvalue weighted by Crippen LogP contribution is 2.48. The highest BCUT2D eigenvalue weighted by Gasteiger charge is 2.49. The van der Waals surface area contributed by atoms with Crippen molar-refractivity contribution in [3.63, 3.8) is 0 Å². The van der Waals surface area contributed by atoms with Crippen LogP contribution in [0, 0.1) is 29.6 Å². The highest BCUT2D eigenvalue weighted by atomic mass is 16.5. The largest absolute Gasteiger partial charge is 0.393 e. The van der Waals surface area contributed by atoms with E-state index in [0.717, 1.165) is 19.3 Å². The molecule has 0 aromatic carbocycles. The van der Waals surface area contributed by atoms with Gasteiger partial charge in [0.2, 0.25) is 6.41 Å². The summed E-state index contributed by atoms with van der Waals surface area (Å²) in [6, 6.07) is 0. The Balaban J connectivity index is 0.000000276. The molecule has 0 aromatic rings. The minimum absolute atomic E-state index is 0.0359. The van der Waals surface area contributed by atoms with Gasteiger partial charge in [0.1, 0.15) is 5.78 Å². The van der Waals surface area contributed by atoms with Crippen molar-refractivity contribution >= 4 is 18.0 Å². The number of aliphatic hydroxyl groups excluding tert-OH is 1. The molecule has 2 N–H and O–H groups in total. The fourth-order valence-electron chi connectivity index (χ4n) is 7.16. The van der Waals surface area contributed by atoms with Crippen LogP contribution in [0.2, 0.25) is 0 Å². The summed E-state index contributed by atoms with van der Waals surface area (Å²) >= 11 is 0. The van der Waals surface area contributed by atoms with E-state index in [1.165, 1.54) is 77.0 Å². The molecule has 0 radical (unpaired) electrons. The lowest BCUT2D eigenvalue weighted by Crippen LogP contribution is -2.52. The van der Waals surface area contributed by atoms with E-state index in [1.54, 1.807) is 6.92 Å². The van der Waals surface area contributed by atoms with Crippen LogP contribution in [0.15, 0.2) is 0 Å². The number of hydrogen-bond donors (Lipinski definition) is 2. The molecule has 1 amide bonds.